The molecule has 0 bridgehead atoms. The Labute approximate surface area is 92.2 Å². The van der Waals surface area contributed by atoms with E-state index in [-0.39, 0.29) is 11.8 Å². The van der Waals surface area contributed by atoms with Crippen molar-refractivity contribution in [1.29, 1.82) is 0 Å². The molecule has 0 aromatic carbocycles. The summed E-state index contributed by atoms with van der Waals surface area (Å²) in [4.78, 5) is 0. The normalized spacial score (nSPS) is 21.5. The largest absolute Gasteiger partial charge is 0.311 e. The SMILES string of the molecule is CC(CCS(=O)(=O)O)NC1CCCCC1. The molecule has 1 atom stereocenters. The highest BCUT2D eigenvalue weighted by Crippen LogP contribution is 2.18. The fraction of sp³-hybridized carbons (Fsp3) is 1.00. The number of hydrogen-bond donors (Lipinski definition) is 2. The molecule has 5 heteroatoms. The van der Waals surface area contributed by atoms with E-state index in [4.69, 9.17) is 4.55 Å². The molecule has 1 fully saturated rings. The van der Waals surface area contributed by atoms with Gasteiger partial charge in [0.05, 0.1) is 5.75 Å². The van der Waals surface area contributed by atoms with E-state index in [1.165, 1.54) is 32.1 Å². The van der Waals surface area contributed by atoms with Gasteiger partial charge in [0.1, 0.15) is 0 Å². The van der Waals surface area contributed by atoms with Crippen molar-refractivity contribution in [3.05, 3.63) is 0 Å². The second kappa shape index (κ2) is 5.82. The Kier molecular flexibility index (Phi) is 5.02. The van der Waals surface area contributed by atoms with E-state index in [1.54, 1.807) is 0 Å². The van der Waals surface area contributed by atoms with Gasteiger partial charge in [-0.25, -0.2) is 0 Å². The quantitative estimate of drug-likeness (QED) is 0.710. The van der Waals surface area contributed by atoms with Crippen LogP contribution in [0.4, 0.5) is 0 Å². The van der Waals surface area contributed by atoms with Gasteiger partial charge in [-0.15, -0.1) is 0 Å². The van der Waals surface area contributed by atoms with Crippen molar-refractivity contribution < 1.29 is 13.0 Å². The van der Waals surface area contributed by atoms with Crippen LogP contribution in [0.25, 0.3) is 0 Å². The first kappa shape index (κ1) is 12.9. The lowest BCUT2D eigenvalue weighted by Gasteiger charge is -2.26. The monoisotopic (exact) mass is 235 g/mol. The topological polar surface area (TPSA) is 66.4 Å². The standard InChI is InChI=1S/C10H21NO3S/c1-9(7-8-15(12,13)14)11-10-5-3-2-4-6-10/h9-11H,2-8H2,1H3,(H,12,13,14). The van der Waals surface area contributed by atoms with Crippen LogP contribution in [-0.4, -0.2) is 30.8 Å². The van der Waals surface area contributed by atoms with E-state index in [2.05, 4.69) is 5.32 Å². The lowest BCUT2D eigenvalue weighted by Crippen LogP contribution is -2.38. The van der Waals surface area contributed by atoms with Crippen LogP contribution < -0.4 is 5.32 Å². The van der Waals surface area contributed by atoms with Gasteiger partial charge in [-0.2, -0.15) is 8.42 Å². The zero-order valence-corrected chi connectivity index (χ0v) is 10.1. The zero-order valence-electron chi connectivity index (χ0n) is 9.28. The van der Waals surface area contributed by atoms with Crippen LogP contribution in [0.2, 0.25) is 0 Å². The summed E-state index contributed by atoms with van der Waals surface area (Å²) >= 11 is 0. The molecule has 0 aliphatic heterocycles. The Morgan fingerprint density at radius 3 is 2.47 bits per heavy atom. The molecule has 0 radical (unpaired) electrons. The first-order valence-electron chi connectivity index (χ1n) is 5.68. The average Bonchev–Trinajstić information content (AvgIpc) is 2.15. The maximum atomic E-state index is 10.6. The smallest absolute Gasteiger partial charge is 0.264 e. The van der Waals surface area contributed by atoms with Crippen LogP contribution in [0.1, 0.15) is 45.4 Å². The molecule has 1 aliphatic carbocycles. The molecular formula is C10H21NO3S. The number of rotatable bonds is 5. The summed E-state index contributed by atoms with van der Waals surface area (Å²) in [6.45, 7) is 1.97. The Morgan fingerprint density at radius 2 is 1.93 bits per heavy atom. The van der Waals surface area contributed by atoms with Crippen LogP contribution in [0.5, 0.6) is 0 Å². The van der Waals surface area contributed by atoms with Gasteiger partial charge in [-0.05, 0) is 26.2 Å². The fourth-order valence-electron chi connectivity index (χ4n) is 2.08. The van der Waals surface area contributed by atoms with Crippen molar-refractivity contribution in [1.82, 2.24) is 5.32 Å². The van der Waals surface area contributed by atoms with E-state index < -0.39 is 10.1 Å². The van der Waals surface area contributed by atoms with E-state index >= 15 is 0 Å². The Morgan fingerprint density at radius 1 is 1.33 bits per heavy atom. The summed E-state index contributed by atoms with van der Waals surface area (Å²) in [5, 5.41) is 3.42. The minimum Gasteiger partial charge on any atom is -0.311 e. The Balaban J connectivity index is 2.20. The number of nitrogens with one attached hydrogen (secondary N) is 1. The summed E-state index contributed by atoms with van der Waals surface area (Å²) < 4.78 is 29.7. The van der Waals surface area contributed by atoms with E-state index in [9.17, 15) is 8.42 Å². The molecule has 1 rings (SSSR count). The second-order valence-corrected chi connectivity index (χ2v) is 6.05. The summed E-state index contributed by atoms with van der Waals surface area (Å²) in [5.41, 5.74) is 0. The summed E-state index contributed by atoms with van der Waals surface area (Å²) in [6.07, 6.45) is 6.71. The highest BCUT2D eigenvalue weighted by Gasteiger charge is 2.16. The Hall–Kier alpha value is -0.130. The highest BCUT2D eigenvalue weighted by molar-refractivity contribution is 7.85. The molecule has 0 spiro atoms. The minimum atomic E-state index is -3.80. The van der Waals surface area contributed by atoms with Gasteiger partial charge in [0, 0.05) is 12.1 Å². The summed E-state index contributed by atoms with van der Waals surface area (Å²) in [5.74, 6) is -0.145. The molecule has 0 amide bonds. The maximum absolute atomic E-state index is 10.6. The van der Waals surface area contributed by atoms with Crippen molar-refractivity contribution in [2.45, 2.75) is 57.5 Å². The highest BCUT2D eigenvalue weighted by atomic mass is 32.2. The first-order valence-corrected chi connectivity index (χ1v) is 7.29. The lowest BCUT2D eigenvalue weighted by atomic mass is 9.95. The molecule has 0 heterocycles. The zero-order chi connectivity index (χ0) is 11.3. The lowest BCUT2D eigenvalue weighted by molar-refractivity contribution is 0.339. The van der Waals surface area contributed by atoms with Crippen molar-refractivity contribution >= 4 is 10.1 Å². The second-order valence-electron chi connectivity index (χ2n) is 4.48. The number of hydrogen-bond acceptors (Lipinski definition) is 3. The molecule has 0 saturated heterocycles. The molecule has 2 N–H and O–H groups in total. The third-order valence-electron chi connectivity index (χ3n) is 2.93. The van der Waals surface area contributed by atoms with Crippen molar-refractivity contribution in [2.75, 3.05) is 5.75 Å². The van der Waals surface area contributed by atoms with Crippen LogP contribution in [-0.2, 0) is 10.1 Å². The van der Waals surface area contributed by atoms with Crippen LogP contribution in [0, 0.1) is 0 Å². The average molecular weight is 235 g/mol. The first-order chi connectivity index (χ1) is 6.97. The maximum Gasteiger partial charge on any atom is 0.264 e. The van der Waals surface area contributed by atoms with Gasteiger partial charge in [-0.3, -0.25) is 4.55 Å². The molecule has 0 aromatic rings. The van der Waals surface area contributed by atoms with Gasteiger partial charge >= 0.3 is 0 Å². The van der Waals surface area contributed by atoms with Gasteiger partial charge in [0.15, 0.2) is 0 Å². The molecular weight excluding hydrogens is 214 g/mol. The van der Waals surface area contributed by atoms with Crippen molar-refractivity contribution in [3.63, 3.8) is 0 Å². The van der Waals surface area contributed by atoms with Gasteiger partial charge in [0.2, 0.25) is 0 Å². The Bertz CT molecular complexity index is 270. The molecule has 4 nitrogen and oxygen atoms in total. The van der Waals surface area contributed by atoms with Gasteiger partial charge < -0.3 is 5.32 Å². The van der Waals surface area contributed by atoms with Crippen molar-refractivity contribution in [2.24, 2.45) is 0 Å². The van der Waals surface area contributed by atoms with Crippen LogP contribution in [0.3, 0.4) is 0 Å². The van der Waals surface area contributed by atoms with E-state index in [0.29, 0.717) is 12.5 Å². The molecule has 0 aromatic heterocycles. The van der Waals surface area contributed by atoms with Crippen LogP contribution in [0.15, 0.2) is 0 Å². The molecule has 1 unspecified atom stereocenters. The van der Waals surface area contributed by atoms with Crippen molar-refractivity contribution in [3.8, 4) is 0 Å². The van der Waals surface area contributed by atoms with Gasteiger partial charge in [0.25, 0.3) is 10.1 Å². The molecule has 1 aliphatic rings. The summed E-state index contributed by atoms with van der Waals surface area (Å²) in [7, 11) is -3.80. The third kappa shape index (κ3) is 6.12. The molecule has 15 heavy (non-hydrogen) atoms. The predicted octanol–water partition coefficient (Wildman–Crippen LogP) is 1.58. The van der Waals surface area contributed by atoms with E-state index in [0.717, 1.165) is 0 Å². The molecule has 90 valence electrons. The molecule has 1 saturated carbocycles. The predicted molar refractivity (Wildman–Crippen MR) is 60.5 cm³/mol. The third-order valence-corrected chi connectivity index (χ3v) is 3.69. The minimum absolute atomic E-state index is 0.145. The van der Waals surface area contributed by atoms with Crippen LogP contribution >= 0.6 is 0 Å². The summed E-state index contributed by atoms with van der Waals surface area (Å²) in [6, 6.07) is 0.699. The fourth-order valence-corrected chi connectivity index (χ4v) is 2.73. The van der Waals surface area contributed by atoms with Gasteiger partial charge in [-0.1, -0.05) is 19.3 Å². The van der Waals surface area contributed by atoms with E-state index in [1.807, 2.05) is 6.92 Å².